The van der Waals surface area contributed by atoms with Crippen LogP contribution in [0.25, 0.3) is 0 Å². The summed E-state index contributed by atoms with van der Waals surface area (Å²) in [4.78, 5) is 16.0. The summed E-state index contributed by atoms with van der Waals surface area (Å²) in [5.41, 5.74) is 7.27. The number of rotatable bonds is 3. The van der Waals surface area contributed by atoms with E-state index in [1.807, 2.05) is 13.8 Å². The van der Waals surface area contributed by atoms with E-state index in [1.54, 1.807) is 0 Å². The molecule has 0 aromatic rings. The predicted molar refractivity (Wildman–Crippen MR) is 40.5 cm³/mol. The van der Waals surface area contributed by atoms with E-state index in [1.165, 1.54) is 0 Å². The molecule has 0 radical (unpaired) electrons. The molecule has 1 amide bonds. The highest BCUT2D eigenvalue weighted by molar-refractivity contribution is 5.88. The third-order valence-electron chi connectivity index (χ3n) is 1.63. The first-order valence-electron chi connectivity index (χ1n) is 3.79. The Morgan fingerprint density at radius 3 is 2.55 bits per heavy atom. The van der Waals surface area contributed by atoms with Crippen molar-refractivity contribution >= 4 is 5.91 Å². The van der Waals surface area contributed by atoms with E-state index in [2.05, 4.69) is 5.48 Å². The van der Waals surface area contributed by atoms with Crippen LogP contribution in [0.3, 0.4) is 0 Å². The van der Waals surface area contributed by atoms with Gasteiger partial charge < -0.3 is 5.73 Å². The average molecular weight is 158 g/mol. The third-order valence-corrected chi connectivity index (χ3v) is 1.63. The fourth-order valence-electron chi connectivity index (χ4n) is 0.635. The average Bonchev–Trinajstić information content (AvgIpc) is 2.64. The SMILES string of the molecule is CC(C)ONC(=O)C1(N)CC1. The van der Waals surface area contributed by atoms with Gasteiger partial charge in [-0.1, -0.05) is 0 Å². The lowest BCUT2D eigenvalue weighted by atomic mass is 10.3. The maximum absolute atomic E-state index is 11.1. The number of nitrogens with one attached hydrogen (secondary N) is 1. The van der Waals surface area contributed by atoms with Crippen molar-refractivity contribution in [2.45, 2.75) is 38.3 Å². The number of hydrogen-bond acceptors (Lipinski definition) is 3. The number of hydroxylamine groups is 1. The van der Waals surface area contributed by atoms with Gasteiger partial charge in [0.2, 0.25) is 0 Å². The quantitative estimate of drug-likeness (QED) is 0.565. The van der Waals surface area contributed by atoms with E-state index >= 15 is 0 Å². The minimum absolute atomic E-state index is 0.00120. The van der Waals surface area contributed by atoms with E-state index in [-0.39, 0.29) is 12.0 Å². The van der Waals surface area contributed by atoms with Gasteiger partial charge >= 0.3 is 0 Å². The van der Waals surface area contributed by atoms with Crippen molar-refractivity contribution in [3.63, 3.8) is 0 Å². The first-order valence-corrected chi connectivity index (χ1v) is 3.79. The zero-order valence-corrected chi connectivity index (χ0v) is 6.89. The summed E-state index contributed by atoms with van der Waals surface area (Å²) in [6.45, 7) is 3.69. The number of carbonyl (C=O) groups excluding carboxylic acids is 1. The van der Waals surface area contributed by atoms with Gasteiger partial charge in [0.15, 0.2) is 0 Å². The molecule has 0 spiro atoms. The van der Waals surface area contributed by atoms with Crippen LogP contribution >= 0.6 is 0 Å². The lowest BCUT2D eigenvalue weighted by Crippen LogP contribution is -2.43. The second kappa shape index (κ2) is 2.79. The predicted octanol–water partition coefficient (Wildman–Crippen LogP) is -0.0661. The highest BCUT2D eigenvalue weighted by Gasteiger charge is 2.46. The molecule has 11 heavy (non-hydrogen) atoms. The van der Waals surface area contributed by atoms with Gasteiger partial charge in [0, 0.05) is 0 Å². The van der Waals surface area contributed by atoms with Crippen LogP contribution in [0.4, 0.5) is 0 Å². The highest BCUT2D eigenvalue weighted by atomic mass is 16.7. The van der Waals surface area contributed by atoms with E-state index < -0.39 is 5.54 Å². The maximum Gasteiger partial charge on any atom is 0.263 e. The Kier molecular flexibility index (Phi) is 2.15. The van der Waals surface area contributed by atoms with Gasteiger partial charge in [-0.25, -0.2) is 5.48 Å². The number of carbonyl (C=O) groups is 1. The highest BCUT2D eigenvalue weighted by Crippen LogP contribution is 2.31. The summed E-state index contributed by atoms with van der Waals surface area (Å²) in [6.07, 6.45) is 1.53. The molecule has 1 aliphatic carbocycles. The van der Waals surface area contributed by atoms with E-state index in [4.69, 9.17) is 10.6 Å². The first-order chi connectivity index (χ1) is 5.04. The zero-order valence-electron chi connectivity index (χ0n) is 6.89. The molecule has 1 aliphatic rings. The van der Waals surface area contributed by atoms with Crippen LogP contribution in [-0.2, 0) is 9.63 Å². The second-order valence-electron chi connectivity index (χ2n) is 3.25. The molecule has 0 aromatic heterocycles. The number of amides is 1. The molecular formula is C7H14N2O2. The summed E-state index contributed by atoms with van der Waals surface area (Å²) < 4.78 is 0. The summed E-state index contributed by atoms with van der Waals surface area (Å²) >= 11 is 0. The smallest absolute Gasteiger partial charge is 0.263 e. The van der Waals surface area contributed by atoms with Crippen LogP contribution in [0, 0.1) is 0 Å². The van der Waals surface area contributed by atoms with Crippen molar-refractivity contribution in [2.75, 3.05) is 0 Å². The Balaban J connectivity index is 2.22. The van der Waals surface area contributed by atoms with Crippen LogP contribution in [0.1, 0.15) is 26.7 Å². The Hall–Kier alpha value is -0.610. The van der Waals surface area contributed by atoms with E-state index in [0.29, 0.717) is 0 Å². The molecule has 0 heterocycles. The molecule has 0 unspecified atom stereocenters. The molecule has 0 saturated heterocycles. The summed E-state index contributed by atoms with van der Waals surface area (Å²) in [5.74, 6) is -0.203. The normalized spacial score (nSPS) is 20.0. The molecule has 4 nitrogen and oxygen atoms in total. The monoisotopic (exact) mass is 158 g/mol. The molecule has 0 aliphatic heterocycles. The number of nitrogens with two attached hydrogens (primary N) is 1. The standard InChI is InChI=1S/C7H14N2O2/c1-5(2)11-9-6(10)7(8)3-4-7/h5H,3-4,8H2,1-2H3,(H,9,10). The minimum atomic E-state index is -0.630. The lowest BCUT2D eigenvalue weighted by Gasteiger charge is -2.11. The van der Waals surface area contributed by atoms with E-state index in [9.17, 15) is 4.79 Å². The largest absolute Gasteiger partial charge is 0.317 e. The Bertz CT molecular complexity index is 164. The molecule has 1 fully saturated rings. The summed E-state index contributed by atoms with van der Waals surface area (Å²) in [7, 11) is 0. The van der Waals surface area contributed by atoms with Crippen molar-refractivity contribution in [3.05, 3.63) is 0 Å². The molecule has 4 heteroatoms. The lowest BCUT2D eigenvalue weighted by molar-refractivity contribution is -0.139. The van der Waals surface area contributed by atoms with Crippen molar-refractivity contribution in [2.24, 2.45) is 5.73 Å². The Labute approximate surface area is 66.0 Å². The van der Waals surface area contributed by atoms with Crippen LogP contribution in [0.5, 0.6) is 0 Å². The van der Waals surface area contributed by atoms with Crippen LogP contribution in [0.2, 0.25) is 0 Å². The molecule has 3 N–H and O–H groups in total. The van der Waals surface area contributed by atoms with Gasteiger partial charge in [-0.3, -0.25) is 9.63 Å². The minimum Gasteiger partial charge on any atom is -0.317 e. The van der Waals surface area contributed by atoms with Gasteiger partial charge in [-0.15, -0.1) is 0 Å². The molecule has 1 rings (SSSR count). The molecule has 0 aromatic carbocycles. The second-order valence-corrected chi connectivity index (χ2v) is 3.25. The zero-order chi connectivity index (χ0) is 8.48. The number of hydrogen-bond donors (Lipinski definition) is 2. The molecule has 0 atom stereocenters. The molecule has 0 bridgehead atoms. The molecule has 1 saturated carbocycles. The van der Waals surface area contributed by atoms with Crippen LogP contribution in [-0.4, -0.2) is 17.6 Å². The fourth-order valence-corrected chi connectivity index (χ4v) is 0.635. The third kappa shape index (κ3) is 2.17. The van der Waals surface area contributed by atoms with Gasteiger partial charge in [0.05, 0.1) is 11.6 Å². The van der Waals surface area contributed by atoms with Gasteiger partial charge in [-0.2, -0.15) is 0 Å². The van der Waals surface area contributed by atoms with Gasteiger partial charge in [0.25, 0.3) is 5.91 Å². The fraction of sp³-hybridized carbons (Fsp3) is 0.857. The maximum atomic E-state index is 11.1. The first kappa shape index (κ1) is 8.49. The van der Waals surface area contributed by atoms with Crippen molar-refractivity contribution in [1.29, 1.82) is 0 Å². The van der Waals surface area contributed by atoms with Gasteiger partial charge in [0.1, 0.15) is 0 Å². The summed E-state index contributed by atoms with van der Waals surface area (Å²) in [5, 5.41) is 0. The van der Waals surface area contributed by atoms with Crippen molar-refractivity contribution in [3.8, 4) is 0 Å². The van der Waals surface area contributed by atoms with E-state index in [0.717, 1.165) is 12.8 Å². The van der Waals surface area contributed by atoms with Crippen LogP contribution in [0.15, 0.2) is 0 Å². The van der Waals surface area contributed by atoms with Crippen molar-refractivity contribution in [1.82, 2.24) is 5.48 Å². The van der Waals surface area contributed by atoms with Crippen LogP contribution < -0.4 is 11.2 Å². The Morgan fingerprint density at radius 1 is 1.64 bits per heavy atom. The summed E-state index contributed by atoms with van der Waals surface area (Å²) in [6, 6.07) is 0. The molecule has 64 valence electrons. The topological polar surface area (TPSA) is 64.3 Å². The van der Waals surface area contributed by atoms with Gasteiger partial charge in [-0.05, 0) is 26.7 Å². The van der Waals surface area contributed by atoms with Crippen molar-refractivity contribution < 1.29 is 9.63 Å². The Morgan fingerprint density at radius 2 is 2.18 bits per heavy atom. The molecular weight excluding hydrogens is 144 g/mol.